The number of carbonyl (C=O) groups is 1. The van der Waals surface area contributed by atoms with Crippen LogP contribution < -0.4 is 4.72 Å². The molecule has 0 fully saturated rings. The lowest BCUT2D eigenvalue weighted by Crippen LogP contribution is -2.21. The van der Waals surface area contributed by atoms with Crippen LogP contribution in [0.2, 0.25) is 5.02 Å². The molecule has 0 unspecified atom stereocenters. The molecule has 22 heavy (non-hydrogen) atoms. The van der Waals surface area contributed by atoms with Crippen molar-refractivity contribution in [3.8, 4) is 0 Å². The first-order valence-corrected chi connectivity index (χ1v) is 8.37. The van der Waals surface area contributed by atoms with Crippen molar-refractivity contribution in [1.82, 2.24) is 0 Å². The molecule has 0 aliphatic rings. The van der Waals surface area contributed by atoms with E-state index in [2.05, 4.69) is 9.46 Å². The van der Waals surface area contributed by atoms with Crippen molar-refractivity contribution in [2.75, 3.05) is 44.5 Å². The van der Waals surface area contributed by atoms with E-state index in [1.807, 2.05) is 0 Å². The van der Waals surface area contributed by atoms with Crippen LogP contribution >= 0.6 is 11.6 Å². The summed E-state index contributed by atoms with van der Waals surface area (Å²) in [5.74, 6) is -0.824. The molecule has 0 spiro atoms. The summed E-state index contributed by atoms with van der Waals surface area (Å²) in [6, 6.07) is 4.18. The van der Waals surface area contributed by atoms with Gasteiger partial charge in [0, 0.05) is 7.11 Å². The lowest BCUT2D eigenvalue weighted by Gasteiger charge is -2.11. The summed E-state index contributed by atoms with van der Waals surface area (Å²) in [5.41, 5.74) is 0.308. The van der Waals surface area contributed by atoms with E-state index in [1.54, 1.807) is 0 Å². The van der Waals surface area contributed by atoms with Gasteiger partial charge in [-0.1, -0.05) is 11.6 Å². The summed E-state index contributed by atoms with van der Waals surface area (Å²) < 4.78 is 40.7. The van der Waals surface area contributed by atoms with Gasteiger partial charge in [0.25, 0.3) is 0 Å². The molecule has 0 radical (unpaired) electrons. The first kappa shape index (κ1) is 18.7. The molecule has 124 valence electrons. The molecule has 7 nitrogen and oxygen atoms in total. The van der Waals surface area contributed by atoms with Crippen LogP contribution in [-0.2, 0) is 24.2 Å². The molecule has 0 aliphatic carbocycles. The summed E-state index contributed by atoms with van der Waals surface area (Å²) in [5, 5.41) is 0.177. The Morgan fingerprint density at radius 2 is 1.95 bits per heavy atom. The van der Waals surface area contributed by atoms with Crippen LogP contribution in [0, 0.1) is 0 Å². The molecule has 0 aliphatic heterocycles. The van der Waals surface area contributed by atoms with E-state index >= 15 is 0 Å². The Labute approximate surface area is 134 Å². The molecule has 0 saturated heterocycles. The predicted molar refractivity (Wildman–Crippen MR) is 82.9 cm³/mol. The Hall–Kier alpha value is -1.35. The van der Waals surface area contributed by atoms with Crippen LogP contribution in [0.5, 0.6) is 0 Å². The fourth-order valence-electron chi connectivity index (χ4n) is 1.48. The zero-order valence-corrected chi connectivity index (χ0v) is 13.9. The van der Waals surface area contributed by atoms with Gasteiger partial charge >= 0.3 is 5.97 Å². The highest BCUT2D eigenvalue weighted by Gasteiger charge is 2.15. The Morgan fingerprint density at radius 1 is 1.23 bits per heavy atom. The van der Waals surface area contributed by atoms with E-state index in [-0.39, 0.29) is 28.6 Å². The van der Waals surface area contributed by atoms with Gasteiger partial charge in [-0.15, -0.1) is 0 Å². The second-order valence-electron chi connectivity index (χ2n) is 4.21. The number of benzene rings is 1. The molecule has 1 aromatic rings. The number of esters is 1. The Kier molecular flexibility index (Phi) is 7.60. The molecule has 0 atom stereocenters. The number of methoxy groups -OCH3 is 2. The number of rotatable bonds is 9. The number of sulfonamides is 1. The fraction of sp³-hybridized carbons (Fsp3) is 0.462. The van der Waals surface area contributed by atoms with E-state index in [9.17, 15) is 13.2 Å². The monoisotopic (exact) mass is 351 g/mol. The minimum atomic E-state index is -3.65. The fourth-order valence-corrected chi connectivity index (χ4v) is 2.64. The van der Waals surface area contributed by atoms with Crippen molar-refractivity contribution in [3.05, 3.63) is 28.8 Å². The largest absolute Gasteiger partial charge is 0.465 e. The van der Waals surface area contributed by atoms with Crippen molar-refractivity contribution >= 4 is 33.3 Å². The van der Waals surface area contributed by atoms with Crippen LogP contribution in [0.1, 0.15) is 10.4 Å². The minimum Gasteiger partial charge on any atom is -0.465 e. The van der Waals surface area contributed by atoms with Crippen molar-refractivity contribution in [1.29, 1.82) is 0 Å². The SMILES string of the molecule is COCCOCCS(=O)(=O)Nc1cc(C(=O)OC)ccc1Cl. The molecule has 0 heterocycles. The van der Waals surface area contributed by atoms with E-state index in [1.165, 1.54) is 32.4 Å². The van der Waals surface area contributed by atoms with Gasteiger partial charge in [0.2, 0.25) is 10.0 Å². The van der Waals surface area contributed by atoms with Crippen LogP contribution in [-0.4, -0.2) is 54.2 Å². The van der Waals surface area contributed by atoms with Crippen molar-refractivity contribution in [2.45, 2.75) is 0 Å². The number of anilines is 1. The average Bonchev–Trinajstić information content (AvgIpc) is 2.48. The standard InChI is InChI=1S/C13H18ClNO6S/c1-19-5-6-21-7-8-22(17,18)15-12-9-10(13(16)20-2)3-4-11(12)14/h3-4,9,15H,5-8H2,1-2H3. The number of hydrogen-bond acceptors (Lipinski definition) is 6. The van der Waals surface area contributed by atoms with Crippen molar-refractivity contribution in [2.24, 2.45) is 0 Å². The van der Waals surface area contributed by atoms with Crippen LogP contribution in [0.15, 0.2) is 18.2 Å². The van der Waals surface area contributed by atoms with Crippen molar-refractivity contribution in [3.63, 3.8) is 0 Å². The number of halogens is 1. The second-order valence-corrected chi connectivity index (χ2v) is 6.46. The van der Waals surface area contributed by atoms with Gasteiger partial charge in [-0.3, -0.25) is 4.72 Å². The lowest BCUT2D eigenvalue weighted by atomic mass is 10.2. The highest BCUT2D eigenvalue weighted by Crippen LogP contribution is 2.24. The third-order valence-electron chi connectivity index (χ3n) is 2.58. The molecule has 0 bridgehead atoms. The third-order valence-corrected chi connectivity index (χ3v) is 4.15. The second kappa shape index (κ2) is 8.94. The number of hydrogen-bond donors (Lipinski definition) is 1. The van der Waals surface area contributed by atoms with Gasteiger partial charge in [-0.25, -0.2) is 13.2 Å². The highest BCUT2D eigenvalue weighted by atomic mass is 35.5. The summed E-state index contributed by atoms with van der Waals surface area (Å²) in [6.45, 7) is 0.720. The molecule has 0 saturated carbocycles. The number of nitrogens with one attached hydrogen (secondary N) is 1. The quantitative estimate of drug-likeness (QED) is 0.536. The van der Waals surface area contributed by atoms with E-state index in [4.69, 9.17) is 21.1 Å². The van der Waals surface area contributed by atoms with Gasteiger partial charge < -0.3 is 14.2 Å². The van der Waals surface area contributed by atoms with E-state index in [0.717, 1.165) is 0 Å². The summed E-state index contributed by atoms with van der Waals surface area (Å²) in [4.78, 5) is 11.4. The third kappa shape index (κ3) is 6.18. The first-order chi connectivity index (χ1) is 10.4. The summed E-state index contributed by atoms with van der Waals surface area (Å²) in [6.07, 6.45) is 0. The maximum atomic E-state index is 11.9. The number of ether oxygens (including phenoxy) is 3. The average molecular weight is 352 g/mol. The predicted octanol–water partition coefficient (Wildman–Crippen LogP) is 1.53. The topological polar surface area (TPSA) is 90.9 Å². The molecule has 1 N–H and O–H groups in total. The maximum Gasteiger partial charge on any atom is 0.337 e. The Balaban J connectivity index is 2.70. The number of carbonyl (C=O) groups excluding carboxylic acids is 1. The molecular formula is C13H18ClNO6S. The van der Waals surface area contributed by atoms with E-state index in [0.29, 0.717) is 13.2 Å². The smallest absolute Gasteiger partial charge is 0.337 e. The first-order valence-electron chi connectivity index (χ1n) is 6.34. The zero-order chi connectivity index (χ0) is 16.6. The molecule has 9 heteroatoms. The summed E-state index contributed by atoms with van der Waals surface area (Å²) >= 11 is 5.93. The Morgan fingerprint density at radius 3 is 2.59 bits per heavy atom. The highest BCUT2D eigenvalue weighted by molar-refractivity contribution is 7.92. The van der Waals surface area contributed by atoms with Gasteiger partial charge in [0.05, 0.1) is 49.0 Å². The molecular weight excluding hydrogens is 334 g/mol. The van der Waals surface area contributed by atoms with Crippen LogP contribution in [0.25, 0.3) is 0 Å². The van der Waals surface area contributed by atoms with Gasteiger partial charge in [0.1, 0.15) is 0 Å². The van der Waals surface area contributed by atoms with Gasteiger partial charge in [0.15, 0.2) is 0 Å². The van der Waals surface area contributed by atoms with Gasteiger partial charge in [-0.05, 0) is 18.2 Å². The van der Waals surface area contributed by atoms with Gasteiger partial charge in [-0.2, -0.15) is 0 Å². The van der Waals surface area contributed by atoms with Crippen LogP contribution in [0.4, 0.5) is 5.69 Å². The van der Waals surface area contributed by atoms with E-state index < -0.39 is 16.0 Å². The Bertz CT molecular complexity index is 605. The zero-order valence-electron chi connectivity index (χ0n) is 12.3. The normalized spacial score (nSPS) is 11.2. The lowest BCUT2D eigenvalue weighted by molar-refractivity contribution is 0.0601. The molecule has 1 rings (SSSR count). The minimum absolute atomic E-state index is 0.0208. The van der Waals surface area contributed by atoms with Crippen LogP contribution in [0.3, 0.4) is 0 Å². The molecule has 0 aromatic heterocycles. The molecule has 0 amide bonds. The maximum absolute atomic E-state index is 11.9. The van der Waals surface area contributed by atoms with Crippen molar-refractivity contribution < 1.29 is 27.4 Å². The summed E-state index contributed by atoms with van der Waals surface area (Å²) in [7, 11) is -0.886. The molecule has 1 aromatic carbocycles.